The minimum Gasteiger partial charge on any atom is -0.388 e. The minimum atomic E-state index is -1.39. The van der Waals surface area contributed by atoms with Gasteiger partial charge in [-0.15, -0.1) is 22.7 Å². The molecule has 13 heteroatoms. The first-order valence-electron chi connectivity index (χ1n) is 17.0. The number of amides is 4. The highest BCUT2D eigenvalue weighted by atomic mass is 32.1. The minimum absolute atomic E-state index is 0.0112. The van der Waals surface area contributed by atoms with Gasteiger partial charge in [0.2, 0.25) is 0 Å². The molecule has 11 nitrogen and oxygen atoms in total. The van der Waals surface area contributed by atoms with Crippen LogP contribution in [0, 0.1) is 0 Å². The van der Waals surface area contributed by atoms with Crippen molar-refractivity contribution < 1.29 is 24.6 Å². The predicted molar refractivity (Wildman–Crippen MR) is 206 cm³/mol. The zero-order valence-electron chi connectivity index (χ0n) is 28.4. The van der Waals surface area contributed by atoms with E-state index in [4.69, 9.17) is 0 Å². The Morgan fingerprint density at radius 1 is 0.642 bits per heavy atom. The third-order valence-electron chi connectivity index (χ3n) is 9.13. The van der Waals surface area contributed by atoms with E-state index in [1.807, 2.05) is 66.7 Å². The topological polar surface area (TPSA) is 148 Å². The summed E-state index contributed by atoms with van der Waals surface area (Å²) in [6.45, 7) is 0.0112. The van der Waals surface area contributed by atoms with Gasteiger partial charge in [0.25, 0.3) is 11.8 Å². The molecule has 4 N–H and O–H groups in total. The van der Waals surface area contributed by atoms with E-state index in [1.54, 1.807) is 70.5 Å². The molecule has 3 heterocycles. The van der Waals surface area contributed by atoms with Crippen LogP contribution < -0.4 is 15.5 Å². The average Bonchev–Trinajstić information content (AvgIpc) is 3.90. The van der Waals surface area contributed by atoms with Crippen molar-refractivity contribution in [3.8, 4) is 0 Å². The highest BCUT2D eigenvalue weighted by Crippen LogP contribution is 2.33. The average molecular weight is 745 g/mol. The molecule has 1 aliphatic heterocycles. The monoisotopic (exact) mass is 744 g/mol. The lowest BCUT2D eigenvalue weighted by Gasteiger charge is -2.36. The number of hydrogen-bond acceptors (Lipinski definition) is 9. The van der Waals surface area contributed by atoms with Gasteiger partial charge in [-0.3, -0.25) is 25.1 Å². The fourth-order valence-electron chi connectivity index (χ4n) is 6.57. The zero-order chi connectivity index (χ0) is 36.7. The van der Waals surface area contributed by atoms with Gasteiger partial charge >= 0.3 is 6.03 Å². The van der Waals surface area contributed by atoms with Crippen molar-refractivity contribution in [3.63, 3.8) is 0 Å². The van der Waals surface area contributed by atoms with Crippen molar-refractivity contribution in [2.75, 3.05) is 15.5 Å². The Hall–Kier alpha value is -5.73. The van der Waals surface area contributed by atoms with Crippen LogP contribution in [0.25, 0.3) is 0 Å². The Morgan fingerprint density at radius 3 is 1.72 bits per heavy atom. The van der Waals surface area contributed by atoms with E-state index in [1.165, 1.54) is 27.6 Å². The van der Waals surface area contributed by atoms with E-state index in [0.717, 1.165) is 11.1 Å². The number of nitrogens with zero attached hydrogens (tertiary/aromatic N) is 4. The van der Waals surface area contributed by atoms with Gasteiger partial charge < -0.3 is 15.1 Å². The fraction of sp³-hybridized carbons (Fsp3) is 0.175. The molecule has 7 rings (SSSR count). The first-order valence-corrected chi connectivity index (χ1v) is 18.7. The Labute approximate surface area is 314 Å². The Kier molecular flexibility index (Phi) is 11.0. The molecular weight excluding hydrogens is 709 g/mol. The van der Waals surface area contributed by atoms with Gasteiger partial charge in [0.05, 0.1) is 12.1 Å². The number of rotatable bonds is 11. The van der Waals surface area contributed by atoms with Crippen molar-refractivity contribution >= 4 is 56.5 Å². The maximum absolute atomic E-state index is 15.2. The second-order valence-electron chi connectivity index (χ2n) is 12.6. The zero-order valence-corrected chi connectivity index (χ0v) is 30.0. The van der Waals surface area contributed by atoms with Gasteiger partial charge in [-0.2, -0.15) is 0 Å². The number of carbonyl (C=O) groups is 3. The molecule has 0 spiro atoms. The Morgan fingerprint density at radius 2 is 1.15 bits per heavy atom. The molecule has 4 amide bonds. The van der Waals surface area contributed by atoms with Crippen LogP contribution in [-0.2, 0) is 19.4 Å². The van der Waals surface area contributed by atoms with Crippen molar-refractivity contribution in [1.29, 1.82) is 0 Å². The quantitative estimate of drug-likeness (QED) is 0.119. The number of thiazole rings is 2. The molecule has 0 radical (unpaired) electrons. The summed E-state index contributed by atoms with van der Waals surface area (Å²) >= 11 is 2.59. The number of aliphatic hydroxyl groups is 2. The summed E-state index contributed by atoms with van der Waals surface area (Å²) in [7, 11) is 0. The van der Waals surface area contributed by atoms with Gasteiger partial charge in [0.15, 0.2) is 10.3 Å². The summed E-state index contributed by atoms with van der Waals surface area (Å²) in [5.74, 6) is -0.756. The molecule has 53 heavy (non-hydrogen) atoms. The van der Waals surface area contributed by atoms with E-state index in [-0.39, 0.29) is 30.9 Å². The van der Waals surface area contributed by atoms with E-state index in [2.05, 4.69) is 20.6 Å². The summed E-state index contributed by atoms with van der Waals surface area (Å²) < 4.78 is 0. The van der Waals surface area contributed by atoms with Crippen LogP contribution in [0.15, 0.2) is 132 Å². The van der Waals surface area contributed by atoms with Gasteiger partial charge in [0.1, 0.15) is 12.2 Å². The Balaban J connectivity index is 1.30. The second kappa shape index (κ2) is 16.3. The number of urea groups is 1. The molecule has 4 aromatic carbocycles. The number of anilines is 3. The highest BCUT2D eigenvalue weighted by Gasteiger charge is 2.47. The van der Waals surface area contributed by atoms with Crippen molar-refractivity contribution in [2.24, 2.45) is 0 Å². The molecular formula is C40H36N6O5S2. The first-order chi connectivity index (χ1) is 25.8. The van der Waals surface area contributed by atoms with Crippen LogP contribution in [0.1, 0.15) is 37.4 Å². The van der Waals surface area contributed by atoms with Crippen LogP contribution in [-0.4, -0.2) is 67.2 Å². The normalized spacial score (nSPS) is 18.7. The molecule has 1 saturated heterocycles. The first kappa shape index (κ1) is 35.7. The molecule has 0 bridgehead atoms. The molecule has 0 saturated carbocycles. The molecule has 0 unspecified atom stereocenters. The van der Waals surface area contributed by atoms with Crippen molar-refractivity contribution in [1.82, 2.24) is 14.9 Å². The number of benzene rings is 4. The summed E-state index contributed by atoms with van der Waals surface area (Å²) in [6, 6.07) is 30.3. The fourth-order valence-corrected chi connectivity index (χ4v) is 7.62. The van der Waals surface area contributed by atoms with E-state index in [0.29, 0.717) is 27.1 Å². The van der Waals surface area contributed by atoms with Crippen LogP contribution in [0.4, 0.5) is 20.7 Å². The molecule has 6 aromatic rings. The number of hydrogen-bond donors (Lipinski definition) is 4. The van der Waals surface area contributed by atoms with Gasteiger partial charge in [-0.1, -0.05) is 78.9 Å². The molecule has 2 aromatic heterocycles. The third-order valence-corrected chi connectivity index (χ3v) is 10.5. The molecule has 268 valence electrons. The van der Waals surface area contributed by atoms with Gasteiger partial charge in [-0.25, -0.2) is 14.8 Å². The van der Waals surface area contributed by atoms with Gasteiger partial charge in [-0.05, 0) is 59.9 Å². The van der Waals surface area contributed by atoms with Crippen LogP contribution >= 0.6 is 22.7 Å². The summed E-state index contributed by atoms with van der Waals surface area (Å²) in [4.78, 5) is 53.1. The second-order valence-corrected chi connectivity index (χ2v) is 14.4. The van der Waals surface area contributed by atoms with Gasteiger partial charge in [0, 0.05) is 46.5 Å². The van der Waals surface area contributed by atoms with Crippen molar-refractivity contribution in [2.45, 2.75) is 43.7 Å². The molecule has 0 aliphatic carbocycles. The van der Waals surface area contributed by atoms with E-state index >= 15 is 4.79 Å². The number of aliphatic hydroxyl groups excluding tert-OH is 2. The lowest BCUT2D eigenvalue weighted by molar-refractivity contribution is -0.0291. The lowest BCUT2D eigenvalue weighted by atomic mass is 9.90. The van der Waals surface area contributed by atoms with E-state index < -0.39 is 36.2 Å². The largest absolute Gasteiger partial charge is 0.388 e. The number of nitrogens with one attached hydrogen (secondary N) is 2. The SMILES string of the molecule is O=C(Nc1nccs1)c1cccc(CN2C(=O)N(c3cccc(C(=O)Nc4nccs4)c3)[C@H](Cc3ccccc3)[C@H](O)[C@@H](O)[C@H]2Cc2ccccc2)c1. The number of aromatic nitrogens is 2. The van der Waals surface area contributed by atoms with E-state index in [9.17, 15) is 19.8 Å². The predicted octanol–water partition coefficient (Wildman–Crippen LogP) is 6.49. The van der Waals surface area contributed by atoms with Crippen LogP contribution in [0.5, 0.6) is 0 Å². The summed E-state index contributed by atoms with van der Waals surface area (Å²) in [5.41, 5.74) is 3.39. The molecule has 1 aliphatic rings. The summed E-state index contributed by atoms with van der Waals surface area (Å²) in [6.07, 6.45) is 0.910. The Bertz CT molecular complexity index is 2150. The number of carbonyl (C=O) groups excluding carboxylic acids is 3. The molecule has 1 fully saturated rings. The van der Waals surface area contributed by atoms with Crippen molar-refractivity contribution in [3.05, 3.63) is 160 Å². The third kappa shape index (κ3) is 8.34. The van der Waals surface area contributed by atoms with Crippen LogP contribution in [0.2, 0.25) is 0 Å². The smallest absolute Gasteiger partial charge is 0.325 e. The molecule has 4 atom stereocenters. The van der Waals surface area contributed by atoms with Crippen LogP contribution in [0.3, 0.4) is 0 Å². The summed E-state index contributed by atoms with van der Waals surface area (Å²) in [5, 5.41) is 34.3. The maximum atomic E-state index is 15.2. The lowest BCUT2D eigenvalue weighted by Crippen LogP contribution is -2.51. The standard InChI is InChI=1S/C40H36N6O5S2/c47-34-32(22-26-9-3-1-4-10-26)45(25-28-13-7-14-29(21-28)36(49)43-38-41-17-19-52-38)40(51)46(33(35(34)48)23-27-11-5-2-6-12-27)31-16-8-15-30(24-31)37(50)44-39-42-18-20-53-39/h1-21,24,32-35,47-48H,22-23,25H2,(H,41,43,49)(H,42,44,50)/t32-,33-,34+,35+/m1/s1. The highest BCUT2D eigenvalue weighted by molar-refractivity contribution is 7.14. The maximum Gasteiger partial charge on any atom is 0.325 e.